The van der Waals surface area contributed by atoms with Crippen LogP contribution < -0.4 is 0 Å². The maximum atomic E-state index is 12.6. The summed E-state index contributed by atoms with van der Waals surface area (Å²) in [4.78, 5) is 14.2. The quantitative estimate of drug-likeness (QED) is 0.722. The highest BCUT2D eigenvalue weighted by molar-refractivity contribution is 5.95. The number of hydrogen-bond acceptors (Lipinski definition) is 5. The summed E-state index contributed by atoms with van der Waals surface area (Å²) in [6, 6.07) is 11.0. The van der Waals surface area contributed by atoms with Crippen molar-refractivity contribution in [3.05, 3.63) is 54.0 Å². The number of furan rings is 1. The maximum Gasteiger partial charge on any atom is 0.254 e. The van der Waals surface area contributed by atoms with E-state index in [4.69, 9.17) is 4.42 Å². The van der Waals surface area contributed by atoms with Gasteiger partial charge in [-0.15, -0.1) is 5.10 Å². The van der Waals surface area contributed by atoms with Gasteiger partial charge in [0.2, 0.25) is 0 Å². The van der Waals surface area contributed by atoms with Crippen LogP contribution >= 0.6 is 0 Å². The summed E-state index contributed by atoms with van der Waals surface area (Å²) in [7, 11) is 1.74. The molecule has 0 N–H and O–H groups in total. The van der Waals surface area contributed by atoms with E-state index in [0.717, 1.165) is 11.3 Å². The SMILES string of the molecule is CCn1nnnc1-c1cccc(C(=O)N(C)Cc2ccco2)c1. The monoisotopic (exact) mass is 311 g/mol. The summed E-state index contributed by atoms with van der Waals surface area (Å²) in [6.07, 6.45) is 1.60. The molecule has 0 fully saturated rings. The molecule has 0 aliphatic carbocycles. The zero-order chi connectivity index (χ0) is 16.2. The Morgan fingerprint density at radius 1 is 1.30 bits per heavy atom. The van der Waals surface area contributed by atoms with Crippen LogP contribution in [-0.4, -0.2) is 38.1 Å². The molecule has 3 aromatic rings. The highest BCUT2D eigenvalue weighted by Crippen LogP contribution is 2.18. The number of carbonyl (C=O) groups is 1. The van der Waals surface area contributed by atoms with Gasteiger partial charge in [0.15, 0.2) is 5.82 Å². The van der Waals surface area contributed by atoms with E-state index < -0.39 is 0 Å². The first kappa shape index (κ1) is 15.0. The van der Waals surface area contributed by atoms with E-state index in [1.165, 1.54) is 0 Å². The standard InChI is InChI=1S/C16H17N5O2/c1-3-21-15(17-18-19-21)12-6-4-7-13(10-12)16(22)20(2)11-14-8-5-9-23-14/h4-10H,3,11H2,1-2H3. The average molecular weight is 311 g/mol. The average Bonchev–Trinajstić information content (AvgIpc) is 3.25. The molecule has 7 heteroatoms. The minimum absolute atomic E-state index is 0.0845. The van der Waals surface area contributed by atoms with Gasteiger partial charge in [-0.05, 0) is 41.6 Å². The number of aryl methyl sites for hydroxylation is 1. The second-order valence-corrected chi connectivity index (χ2v) is 5.14. The van der Waals surface area contributed by atoms with Crippen molar-refractivity contribution < 1.29 is 9.21 Å². The Bertz CT molecular complexity index is 794. The van der Waals surface area contributed by atoms with Gasteiger partial charge in [-0.25, -0.2) is 4.68 Å². The lowest BCUT2D eigenvalue weighted by atomic mass is 10.1. The number of nitrogens with zero attached hydrogens (tertiary/aromatic N) is 5. The van der Waals surface area contributed by atoms with Crippen LogP contribution in [-0.2, 0) is 13.1 Å². The zero-order valence-electron chi connectivity index (χ0n) is 13.0. The number of tetrazole rings is 1. The number of hydrogen-bond donors (Lipinski definition) is 0. The van der Waals surface area contributed by atoms with Gasteiger partial charge in [0, 0.05) is 24.7 Å². The molecule has 0 unspecified atom stereocenters. The third-order valence-corrected chi connectivity index (χ3v) is 3.52. The van der Waals surface area contributed by atoms with Crippen LogP contribution in [0.4, 0.5) is 0 Å². The summed E-state index contributed by atoms with van der Waals surface area (Å²) >= 11 is 0. The number of aromatic nitrogens is 4. The van der Waals surface area contributed by atoms with Gasteiger partial charge in [0.1, 0.15) is 5.76 Å². The summed E-state index contributed by atoms with van der Waals surface area (Å²) in [5.74, 6) is 1.31. The second-order valence-electron chi connectivity index (χ2n) is 5.14. The molecule has 1 amide bonds. The van der Waals surface area contributed by atoms with Crippen LogP contribution in [0.2, 0.25) is 0 Å². The number of rotatable bonds is 5. The first-order chi connectivity index (χ1) is 11.2. The van der Waals surface area contributed by atoms with Crippen molar-refractivity contribution in [1.29, 1.82) is 0 Å². The Labute approximate surface area is 133 Å². The fourth-order valence-electron chi connectivity index (χ4n) is 2.34. The molecule has 0 saturated carbocycles. The Morgan fingerprint density at radius 2 is 2.17 bits per heavy atom. The van der Waals surface area contributed by atoms with Crippen LogP contribution in [0.15, 0.2) is 47.1 Å². The molecule has 0 aliphatic heterocycles. The van der Waals surface area contributed by atoms with E-state index in [0.29, 0.717) is 24.5 Å². The Balaban J connectivity index is 1.83. The van der Waals surface area contributed by atoms with Gasteiger partial charge in [0.05, 0.1) is 12.8 Å². The fourth-order valence-corrected chi connectivity index (χ4v) is 2.34. The minimum Gasteiger partial charge on any atom is -0.467 e. The predicted molar refractivity (Wildman–Crippen MR) is 83.4 cm³/mol. The van der Waals surface area contributed by atoms with Gasteiger partial charge < -0.3 is 9.32 Å². The third-order valence-electron chi connectivity index (χ3n) is 3.52. The van der Waals surface area contributed by atoms with Gasteiger partial charge in [-0.3, -0.25) is 4.79 Å². The summed E-state index contributed by atoms with van der Waals surface area (Å²) in [5.41, 5.74) is 1.40. The molecular weight excluding hydrogens is 294 g/mol. The van der Waals surface area contributed by atoms with Gasteiger partial charge in [-0.2, -0.15) is 0 Å². The van der Waals surface area contributed by atoms with Crippen LogP contribution in [0.3, 0.4) is 0 Å². The molecule has 118 valence electrons. The molecule has 0 atom stereocenters. The molecular formula is C16H17N5O2. The lowest BCUT2D eigenvalue weighted by Gasteiger charge is -2.16. The van der Waals surface area contributed by atoms with E-state index in [1.54, 1.807) is 41.1 Å². The van der Waals surface area contributed by atoms with Crippen molar-refractivity contribution in [2.75, 3.05) is 7.05 Å². The molecule has 2 aromatic heterocycles. The zero-order valence-corrected chi connectivity index (χ0v) is 13.0. The van der Waals surface area contributed by atoms with Gasteiger partial charge in [0.25, 0.3) is 5.91 Å². The van der Waals surface area contributed by atoms with Crippen LogP contribution in [0, 0.1) is 0 Å². The van der Waals surface area contributed by atoms with E-state index in [1.807, 2.05) is 25.1 Å². The highest BCUT2D eigenvalue weighted by Gasteiger charge is 2.15. The largest absolute Gasteiger partial charge is 0.467 e. The van der Waals surface area contributed by atoms with Crippen LogP contribution in [0.1, 0.15) is 23.0 Å². The van der Waals surface area contributed by atoms with Crippen molar-refractivity contribution in [3.63, 3.8) is 0 Å². The Kier molecular flexibility index (Phi) is 4.18. The third kappa shape index (κ3) is 3.13. The minimum atomic E-state index is -0.0845. The maximum absolute atomic E-state index is 12.6. The number of carbonyl (C=O) groups excluding carboxylic acids is 1. The van der Waals surface area contributed by atoms with Crippen molar-refractivity contribution in [2.45, 2.75) is 20.0 Å². The molecule has 2 heterocycles. The molecule has 23 heavy (non-hydrogen) atoms. The summed E-state index contributed by atoms with van der Waals surface area (Å²) in [5, 5.41) is 11.6. The lowest BCUT2D eigenvalue weighted by molar-refractivity contribution is 0.0775. The van der Waals surface area contributed by atoms with Crippen LogP contribution in [0.25, 0.3) is 11.4 Å². The highest BCUT2D eigenvalue weighted by atomic mass is 16.3. The molecule has 3 rings (SSSR count). The van der Waals surface area contributed by atoms with E-state index in [-0.39, 0.29) is 5.91 Å². The topological polar surface area (TPSA) is 77.1 Å². The van der Waals surface area contributed by atoms with Crippen molar-refractivity contribution in [2.24, 2.45) is 0 Å². The molecule has 1 aromatic carbocycles. The smallest absolute Gasteiger partial charge is 0.254 e. The first-order valence-corrected chi connectivity index (χ1v) is 7.33. The van der Waals surface area contributed by atoms with Gasteiger partial charge >= 0.3 is 0 Å². The normalized spacial score (nSPS) is 10.7. The van der Waals surface area contributed by atoms with Crippen LogP contribution in [0.5, 0.6) is 0 Å². The lowest BCUT2D eigenvalue weighted by Crippen LogP contribution is -2.26. The first-order valence-electron chi connectivity index (χ1n) is 7.33. The van der Waals surface area contributed by atoms with E-state index in [9.17, 15) is 4.79 Å². The van der Waals surface area contributed by atoms with Crippen molar-refractivity contribution in [1.82, 2.24) is 25.1 Å². The molecule has 0 bridgehead atoms. The van der Waals surface area contributed by atoms with Crippen molar-refractivity contribution in [3.8, 4) is 11.4 Å². The van der Waals surface area contributed by atoms with Gasteiger partial charge in [-0.1, -0.05) is 12.1 Å². The Hall–Kier alpha value is -2.96. The number of amides is 1. The molecule has 0 aliphatic rings. The second kappa shape index (κ2) is 6.43. The number of benzene rings is 1. The molecule has 0 saturated heterocycles. The van der Waals surface area contributed by atoms with E-state index in [2.05, 4.69) is 15.5 Å². The Morgan fingerprint density at radius 3 is 2.91 bits per heavy atom. The molecule has 0 radical (unpaired) electrons. The van der Waals surface area contributed by atoms with Crippen molar-refractivity contribution >= 4 is 5.91 Å². The molecule has 7 nitrogen and oxygen atoms in total. The fraction of sp³-hybridized carbons (Fsp3) is 0.250. The summed E-state index contributed by atoms with van der Waals surface area (Å²) < 4.78 is 6.97. The summed E-state index contributed by atoms with van der Waals surface area (Å²) in [6.45, 7) is 3.05. The van der Waals surface area contributed by atoms with E-state index >= 15 is 0 Å². The predicted octanol–water partition coefficient (Wildman–Crippen LogP) is 2.23. The molecule has 0 spiro atoms.